The third kappa shape index (κ3) is 4.33. The van der Waals surface area contributed by atoms with Gasteiger partial charge in [-0.05, 0) is 31.5 Å². The van der Waals surface area contributed by atoms with Gasteiger partial charge in [0, 0.05) is 19.0 Å². The van der Waals surface area contributed by atoms with Crippen molar-refractivity contribution in [1.82, 2.24) is 10.2 Å². The number of rotatable bonds is 5. The molecule has 19 heavy (non-hydrogen) atoms. The zero-order chi connectivity index (χ0) is 13.5. The summed E-state index contributed by atoms with van der Waals surface area (Å²) in [5.74, 6) is 0.283. The second-order valence-corrected chi connectivity index (χ2v) is 5.04. The summed E-state index contributed by atoms with van der Waals surface area (Å²) in [5, 5.41) is 11.9. The average molecular weight is 262 g/mol. The molecule has 1 saturated heterocycles. The van der Waals surface area contributed by atoms with Gasteiger partial charge in [0.2, 0.25) is 5.91 Å². The third-order valence-corrected chi connectivity index (χ3v) is 3.68. The van der Waals surface area contributed by atoms with E-state index in [1.165, 1.54) is 0 Å². The highest BCUT2D eigenvalue weighted by molar-refractivity contribution is 5.78. The van der Waals surface area contributed by atoms with Crippen molar-refractivity contribution in [2.24, 2.45) is 5.92 Å². The van der Waals surface area contributed by atoms with Gasteiger partial charge in [-0.15, -0.1) is 0 Å². The molecule has 1 amide bonds. The molecular formula is C15H22N2O2. The zero-order valence-electron chi connectivity index (χ0n) is 11.2. The molecule has 0 aromatic heterocycles. The van der Waals surface area contributed by atoms with Gasteiger partial charge in [-0.2, -0.15) is 0 Å². The number of likely N-dealkylation sites (tertiary alicyclic amines) is 1. The van der Waals surface area contributed by atoms with Crippen LogP contribution < -0.4 is 5.32 Å². The van der Waals surface area contributed by atoms with Crippen LogP contribution in [0.2, 0.25) is 0 Å². The Bertz CT molecular complexity index is 386. The lowest BCUT2D eigenvalue weighted by molar-refractivity contribution is -0.126. The molecule has 1 aromatic carbocycles. The molecule has 104 valence electrons. The summed E-state index contributed by atoms with van der Waals surface area (Å²) >= 11 is 0. The van der Waals surface area contributed by atoms with Crippen molar-refractivity contribution in [1.29, 1.82) is 0 Å². The number of piperidine rings is 1. The Kier molecular flexibility index (Phi) is 5.36. The fourth-order valence-corrected chi connectivity index (χ4v) is 2.49. The van der Waals surface area contributed by atoms with Gasteiger partial charge in [-0.1, -0.05) is 30.3 Å². The highest BCUT2D eigenvalue weighted by Gasteiger charge is 2.24. The third-order valence-electron chi connectivity index (χ3n) is 3.68. The molecule has 2 rings (SSSR count). The Labute approximate surface area is 114 Å². The van der Waals surface area contributed by atoms with Gasteiger partial charge >= 0.3 is 0 Å². The van der Waals surface area contributed by atoms with Crippen molar-refractivity contribution in [3.05, 3.63) is 35.9 Å². The van der Waals surface area contributed by atoms with Crippen molar-refractivity contribution in [3.63, 3.8) is 0 Å². The summed E-state index contributed by atoms with van der Waals surface area (Å²) in [7, 11) is 0. The average Bonchev–Trinajstić information content (AvgIpc) is 2.47. The Balaban J connectivity index is 1.73. The molecule has 1 aliphatic rings. The van der Waals surface area contributed by atoms with E-state index >= 15 is 0 Å². The number of carbonyl (C=O) groups excluding carboxylic acids is 1. The summed E-state index contributed by atoms with van der Waals surface area (Å²) in [5.41, 5.74) is 1.13. The highest BCUT2D eigenvalue weighted by Crippen LogP contribution is 2.17. The normalized spacial score (nSPS) is 17.3. The quantitative estimate of drug-likeness (QED) is 0.832. The molecule has 0 saturated carbocycles. The fourth-order valence-electron chi connectivity index (χ4n) is 2.49. The van der Waals surface area contributed by atoms with Crippen LogP contribution in [0, 0.1) is 5.92 Å². The van der Waals surface area contributed by atoms with Crippen LogP contribution in [0.4, 0.5) is 0 Å². The number of aliphatic hydroxyl groups is 1. The van der Waals surface area contributed by atoms with Crippen LogP contribution in [0.15, 0.2) is 30.3 Å². The lowest BCUT2D eigenvalue weighted by atomic mass is 9.96. The first-order chi connectivity index (χ1) is 9.29. The minimum atomic E-state index is 0.124. The largest absolute Gasteiger partial charge is 0.395 e. The maximum absolute atomic E-state index is 12.1. The molecule has 0 atom stereocenters. The molecule has 4 nitrogen and oxygen atoms in total. The second-order valence-electron chi connectivity index (χ2n) is 5.04. The van der Waals surface area contributed by atoms with Crippen molar-refractivity contribution < 1.29 is 9.90 Å². The van der Waals surface area contributed by atoms with E-state index in [9.17, 15) is 4.79 Å². The molecule has 2 N–H and O–H groups in total. The maximum atomic E-state index is 12.1. The Morgan fingerprint density at radius 1 is 1.26 bits per heavy atom. The highest BCUT2D eigenvalue weighted by atomic mass is 16.3. The predicted molar refractivity (Wildman–Crippen MR) is 74.5 cm³/mol. The fraction of sp³-hybridized carbons (Fsp3) is 0.533. The zero-order valence-corrected chi connectivity index (χ0v) is 11.2. The number of hydrogen-bond acceptors (Lipinski definition) is 3. The SMILES string of the molecule is O=C(NCc1ccccc1)C1CCN(CCO)CC1. The molecule has 1 fully saturated rings. The van der Waals surface area contributed by atoms with Crippen LogP contribution >= 0.6 is 0 Å². The lowest BCUT2D eigenvalue weighted by Crippen LogP contribution is -2.41. The summed E-state index contributed by atoms with van der Waals surface area (Å²) in [4.78, 5) is 14.3. The number of β-amino-alcohol motifs (C(OH)–C–C–N with tert-alkyl or cyclic N) is 1. The summed E-state index contributed by atoms with van der Waals surface area (Å²) < 4.78 is 0. The topological polar surface area (TPSA) is 52.6 Å². The van der Waals surface area contributed by atoms with E-state index in [-0.39, 0.29) is 18.4 Å². The molecule has 0 aliphatic carbocycles. The van der Waals surface area contributed by atoms with Crippen molar-refractivity contribution >= 4 is 5.91 Å². The van der Waals surface area contributed by atoms with Crippen molar-refractivity contribution in [3.8, 4) is 0 Å². The van der Waals surface area contributed by atoms with Gasteiger partial charge < -0.3 is 15.3 Å². The van der Waals surface area contributed by atoms with Gasteiger partial charge in [0.25, 0.3) is 0 Å². The molecule has 0 radical (unpaired) electrons. The van der Waals surface area contributed by atoms with E-state index in [0.29, 0.717) is 6.54 Å². The summed E-state index contributed by atoms with van der Waals surface area (Å²) in [6.07, 6.45) is 1.78. The molecule has 0 bridgehead atoms. The van der Waals surface area contributed by atoms with Gasteiger partial charge in [0.15, 0.2) is 0 Å². The molecule has 1 aliphatic heterocycles. The summed E-state index contributed by atoms with van der Waals surface area (Å²) in [6, 6.07) is 9.97. The first-order valence-electron chi connectivity index (χ1n) is 6.94. The second kappa shape index (κ2) is 7.26. The van der Waals surface area contributed by atoms with E-state index in [0.717, 1.165) is 38.0 Å². The number of carbonyl (C=O) groups is 1. The standard InChI is InChI=1S/C15H22N2O2/c18-11-10-17-8-6-14(7-9-17)15(19)16-12-13-4-2-1-3-5-13/h1-5,14,18H,6-12H2,(H,16,19). The van der Waals surface area contributed by atoms with Crippen LogP contribution in [0.1, 0.15) is 18.4 Å². The molecule has 4 heteroatoms. The van der Waals surface area contributed by atoms with E-state index in [4.69, 9.17) is 5.11 Å². The molecule has 0 spiro atoms. The van der Waals surface area contributed by atoms with Gasteiger partial charge in [0.1, 0.15) is 0 Å². The molecule has 1 heterocycles. The van der Waals surface area contributed by atoms with Crippen LogP contribution in [0.25, 0.3) is 0 Å². The van der Waals surface area contributed by atoms with Gasteiger partial charge in [-0.25, -0.2) is 0 Å². The van der Waals surface area contributed by atoms with Crippen LogP contribution in [-0.2, 0) is 11.3 Å². The predicted octanol–water partition coefficient (Wildman–Crippen LogP) is 1.01. The van der Waals surface area contributed by atoms with Crippen molar-refractivity contribution in [2.45, 2.75) is 19.4 Å². The Morgan fingerprint density at radius 3 is 2.58 bits per heavy atom. The smallest absolute Gasteiger partial charge is 0.223 e. The van der Waals surface area contributed by atoms with Crippen LogP contribution in [0.3, 0.4) is 0 Å². The number of hydrogen-bond donors (Lipinski definition) is 2. The minimum Gasteiger partial charge on any atom is -0.395 e. The minimum absolute atomic E-state index is 0.124. The Morgan fingerprint density at radius 2 is 1.95 bits per heavy atom. The first-order valence-corrected chi connectivity index (χ1v) is 6.94. The van der Waals surface area contributed by atoms with Gasteiger partial charge in [0.05, 0.1) is 6.61 Å². The van der Waals surface area contributed by atoms with Crippen LogP contribution in [0.5, 0.6) is 0 Å². The number of amides is 1. The number of aliphatic hydroxyl groups excluding tert-OH is 1. The number of nitrogens with one attached hydrogen (secondary N) is 1. The molecular weight excluding hydrogens is 240 g/mol. The maximum Gasteiger partial charge on any atom is 0.223 e. The molecule has 0 unspecified atom stereocenters. The van der Waals surface area contributed by atoms with E-state index < -0.39 is 0 Å². The monoisotopic (exact) mass is 262 g/mol. The number of benzene rings is 1. The van der Waals surface area contributed by atoms with E-state index in [2.05, 4.69) is 10.2 Å². The first kappa shape index (κ1) is 14.0. The lowest BCUT2D eigenvalue weighted by Gasteiger charge is -2.30. The summed E-state index contributed by atoms with van der Waals surface area (Å²) in [6.45, 7) is 3.34. The van der Waals surface area contributed by atoms with Crippen LogP contribution in [-0.4, -0.2) is 42.2 Å². The molecule has 1 aromatic rings. The van der Waals surface area contributed by atoms with Crippen molar-refractivity contribution in [2.75, 3.05) is 26.2 Å². The van der Waals surface area contributed by atoms with Gasteiger partial charge in [-0.3, -0.25) is 4.79 Å². The number of nitrogens with zero attached hydrogens (tertiary/aromatic N) is 1. The Hall–Kier alpha value is -1.39. The van der Waals surface area contributed by atoms with E-state index in [1.54, 1.807) is 0 Å². The van der Waals surface area contributed by atoms with E-state index in [1.807, 2.05) is 30.3 Å².